The highest BCUT2D eigenvalue weighted by Crippen LogP contribution is 2.35. The molecule has 108 valence electrons. The number of aliphatic hydroxyl groups excluding tert-OH is 1. The molecule has 0 saturated heterocycles. The fourth-order valence-electron chi connectivity index (χ4n) is 1.92. The van der Waals surface area contributed by atoms with E-state index in [1.807, 2.05) is 19.9 Å². The number of fused-ring (bicyclic) bond motifs is 1. The van der Waals surface area contributed by atoms with Crippen molar-refractivity contribution >= 4 is 44.6 Å². The summed E-state index contributed by atoms with van der Waals surface area (Å²) in [5, 5.41) is 13.5. The zero-order valence-electron chi connectivity index (χ0n) is 11.3. The number of benzene rings is 1. The van der Waals surface area contributed by atoms with E-state index in [0.717, 1.165) is 10.1 Å². The van der Waals surface area contributed by atoms with E-state index in [-0.39, 0.29) is 24.5 Å². The minimum absolute atomic E-state index is 0.0972. The van der Waals surface area contributed by atoms with Gasteiger partial charge in [-0.3, -0.25) is 4.79 Å². The lowest BCUT2D eigenvalue weighted by molar-refractivity contribution is 0.0902. The number of amides is 1. The van der Waals surface area contributed by atoms with E-state index in [1.54, 1.807) is 12.1 Å². The smallest absolute Gasteiger partial charge is 0.263 e. The SMILES string of the molecule is CC(C)C(CO)NC(=O)c1sc2cc(Cl)ccc2c1N. The Balaban J connectivity index is 2.33. The van der Waals surface area contributed by atoms with Gasteiger partial charge in [-0.25, -0.2) is 0 Å². The molecule has 0 aliphatic heterocycles. The lowest BCUT2D eigenvalue weighted by Crippen LogP contribution is -2.41. The zero-order chi connectivity index (χ0) is 14.9. The summed E-state index contributed by atoms with van der Waals surface area (Å²) in [6.45, 7) is 3.78. The van der Waals surface area contributed by atoms with Gasteiger partial charge in [0.15, 0.2) is 0 Å². The van der Waals surface area contributed by atoms with Gasteiger partial charge in [0.1, 0.15) is 4.88 Å². The number of hydrogen-bond donors (Lipinski definition) is 3. The van der Waals surface area contributed by atoms with Crippen LogP contribution in [0.1, 0.15) is 23.5 Å². The van der Waals surface area contributed by atoms with Crippen LogP contribution in [0.25, 0.3) is 10.1 Å². The average molecular weight is 313 g/mol. The molecule has 0 aliphatic rings. The molecule has 2 aromatic rings. The first-order valence-electron chi connectivity index (χ1n) is 6.33. The molecule has 1 unspecified atom stereocenters. The van der Waals surface area contributed by atoms with Crippen LogP contribution in [0.15, 0.2) is 18.2 Å². The van der Waals surface area contributed by atoms with Crippen molar-refractivity contribution in [2.45, 2.75) is 19.9 Å². The topological polar surface area (TPSA) is 75.3 Å². The number of halogens is 1. The van der Waals surface area contributed by atoms with Crippen molar-refractivity contribution in [3.8, 4) is 0 Å². The van der Waals surface area contributed by atoms with E-state index in [9.17, 15) is 9.90 Å². The fourth-order valence-corrected chi connectivity index (χ4v) is 3.22. The van der Waals surface area contributed by atoms with Gasteiger partial charge in [-0.1, -0.05) is 25.4 Å². The van der Waals surface area contributed by atoms with Crippen molar-refractivity contribution in [2.75, 3.05) is 12.3 Å². The summed E-state index contributed by atoms with van der Waals surface area (Å²) in [6, 6.07) is 5.07. The Labute approximate surface area is 126 Å². The fraction of sp³-hybridized carbons (Fsp3) is 0.357. The summed E-state index contributed by atoms with van der Waals surface area (Å²) in [6.07, 6.45) is 0. The lowest BCUT2D eigenvalue weighted by atomic mass is 10.1. The van der Waals surface area contributed by atoms with Crippen molar-refractivity contribution in [3.05, 3.63) is 28.1 Å². The van der Waals surface area contributed by atoms with Gasteiger partial charge in [0.2, 0.25) is 0 Å². The van der Waals surface area contributed by atoms with Gasteiger partial charge < -0.3 is 16.2 Å². The number of rotatable bonds is 4. The summed E-state index contributed by atoms with van der Waals surface area (Å²) in [5.41, 5.74) is 6.49. The van der Waals surface area contributed by atoms with E-state index in [4.69, 9.17) is 17.3 Å². The van der Waals surface area contributed by atoms with Gasteiger partial charge in [0, 0.05) is 15.1 Å². The molecule has 1 aromatic heterocycles. The average Bonchev–Trinajstić information content (AvgIpc) is 2.72. The van der Waals surface area contributed by atoms with Crippen molar-refractivity contribution < 1.29 is 9.90 Å². The van der Waals surface area contributed by atoms with Crippen molar-refractivity contribution in [2.24, 2.45) is 5.92 Å². The third kappa shape index (κ3) is 2.90. The number of aliphatic hydroxyl groups is 1. The predicted octanol–water partition coefficient (Wildman–Crippen LogP) is 2.88. The van der Waals surface area contributed by atoms with Gasteiger partial charge in [0.25, 0.3) is 5.91 Å². The van der Waals surface area contributed by atoms with Gasteiger partial charge in [-0.15, -0.1) is 11.3 Å². The first-order chi connectivity index (χ1) is 9.43. The maximum Gasteiger partial charge on any atom is 0.263 e. The molecule has 0 spiro atoms. The molecule has 1 amide bonds. The number of nitrogens with two attached hydrogens (primary N) is 1. The van der Waals surface area contributed by atoms with E-state index < -0.39 is 0 Å². The zero-order valence-corrected chi connectivity index (χ0v) is 12.9. The highest BCUT2D eigenvalue weighted by Gasteiger charge is 2.21. The first kappa shape index (κ1) is 15.1. The van der Waals surface area contributed by atoms with Crippen LogP contribution in [0, 0.1) is 5.92 Å². The second-order valence-corrected chi connectivity index (χ2v) is 6.48. The monoisotopic (exact) mass is 312 g/mol. The highest BCUT2D eigenvalue weighted by molar-refractivity contribution is 7.21. The van der Waals surface area contributed by atoms with E-state index in [1.165, 1.54) is 11.3 Å². The second kappa shape index (κ2) is 5.99. The van der Waals surface area contributed by atoms with Crippen LogP contribution in [-0.2, 0) is 0 Å². The van der Waals surface area contributed by atoms with E-state index >= 15 is 0 Å². The van der Waals surface area contributed by atoms with Crippen molar-refractivity contribution in [1.82, 2.24) is 5.32 Å². The Hall–Kier alpha value is -1.30. The molecule has 6 heteroatoms. The van der Waals surface area contributed by atoms with Crippen LogP contribution in [0.3, 0.4) is 0 Å². The van der Waals surface area contributed by atoms with E-state index in [0.29, 0.717) is 15.6 Å². The quantitative estimate of drug-likeness (QED) is 0.812. The van der Waals surface area contributed by atoms with Gasteiger partial charge in [0.05, 0.1) is 18.3 Å². The molecule has 1 atom stereocenters. The summed E-state index contributed by atoms with van der Waals surface area (Å²) in [7, 11) is 0. The summed E-state index contributed by atoms with van der Waals surface area (Å²) >= 11 is 7.25. The molecule has 0 fully saturated rings. The molecule has 0 saturated carbocycles. The van der Waals surface area contributed by atoms with Crippen LogP contribution in [-0.4, -0.2) is 23.7 Å². The maximum atomic E-state index is 12.3. The van der Waals surface area contributed by atoms with Crippen LogP contribution in [0.5, 0.6) is 0 Å². The number of nitrogens with one attached hydrogen (secondary N) is 1. The maximum absolute atomic E-state index is 12.3. The third-order valence-corrected chi connectivity index (χ3v) is 4.62. The number of carbonyl (C=O) groups excluding carboxylic acids is 1. The Morgan fingerprint density at radius 1 is 1.50 bits per heavy atom. The van der Waals surface area contributed by atoms with Crippen molar-refractivity contribution in [1.29, 1.82) is 0 Å². The molecule has 20 heavy (non-hydrogen) atoms. The van der Waals surface area contributed by atoms with Crippen LogP contribution in [0.4, 0.5) is 5.69 Å². The summed E-state index contributed by atoms with van der Waals surface area (Å²) in [5.74, 6) is -0.110. The third-order valence-electron chi connectivity index (χ3n) is 3.21. The van der Waals surface area contributed by atoms with Crippen molar-refractivity contribution in [3.63, 3.8) is 0 Å². The molecular weight excluding hydrogens is 296 g/mol. The number of carbonyl (C=O) groups is 1. The Bertz CT molecular complexity index is 639. The number of thiophene rings is 1. The first-order valence-corrected chi connectivity index (χ1v) is 7.52. The molecule has 1 heterocycles. The summed E-state index contributed by atoms with van der Waals surface area (Å²) in [4.78, 5) is 12.7. The molecule has 0 bridgehead atoms. The molecule has 1 aromatic carbocycles. The predicted molar refractivity (Wildman–Crippen MR) is 84.4 cm³/mol. The standard InChI is InChI=1S/C14H17ClN2O2S/c1-7(2)10(6-18)17-14(19)13-12(16)9-4-3-8(15)5-11(9)20-13/h3-5,7,10,18H,6,16H2,1-2H3,(H,17,19). The minimum atomic E-state index is -0.282. The van der Waals surface area contributed by atoms with Gasteiger partial charge >= 0.3 is 0 Å². The molecule has 2 rings (SSSR count). The molecule has 0 aliphatic carbocycles. The number of hydrogen-bond acceptors (Lipinski definition) is 4. The van der Waals surface area contributed by atoms with E-state index in [2.05, 4.69) is 5.32 Å². The lowest BCUT2D eigenvalue weighted by Gasteiger charge is -2.19. The van der Waals surface area contributed by atoms with Crippen LogP contribution >= 0.6 is 22.9 Å². The Morgan fingerprint density at radius 3 is 2.80 bits per heavy atom. The van der Waals surface area contributed by atoms with Crippen LogP contribution < -0.4 is 11.1 Å². The van der Waals surface area contributed by atoms with Gasteiger partial charge in [-0.2, -0.15) is 0 Å². The second-order valence-electron chi connectivity index (χ2n) is 4.99. The minimum Gasteiger partial charge on any atom is -0.397 e. The molecule has 4 N–H and O–H groups in total. The largest absolute Gasteiger partial charge is 0.397 e. The molecule has 4 nitrogen and oxygen atoms in total. The number of nitrogen functional groups attached to an aromatic ring is 1. The van der Waals surface area contributed by atoms with Crippen LogP contribution in [0.2, 0.25) is 5.02 Å². The Kier molecular flexibility index (Phi) is 4.52. The highest BCUT2D eigenvalue weighted by atomic mass is 35.5. The molecular formula is C14H17ClN2O2S. The summed E-state index contributed by atoms with van der Waals surface area (Å²) < 4.78 is 0.880. The van der Waals surface area contributed by atoms with Gasteiger partial charge in [-0.05, 0) is 24.1 Å². The normalized spacial score (nSPS) is 12.8. The molecule has 0 radical (unpaired) electrons. The Morgan fingerprint density at radius 2 is 2.20 bits per heavy atom. The number of anilines is 1.